The van der Waals surface area contributed by atoms with Crippen molar-refractivity contribution in [3.05, 3.63) is 53.4 Å². The van der Waals surface area contributed by atoms with Crippen molar-refractivity contribution in [1.29, 1.82) is 15.8 Å². The average Bonchev–Trinajstić information content (AvgIpc) is 2.99. The van der Waals surface area contributed by atoms with E-state index in [1.807, 2.05) is 48.7 Å². The summed E-state index contributed by atoms with van der Waals surface area (Å²) in [5.74, 6) is -0.922. The van der Waals surface area contributed by atoms with E-state index in [4.69, 9.17) is 21.5 Å². The van der Waals surface area contributed by atoms with E-state index >= 15 is 0 Å². The first-order valence-electron chi connectivity index (χ1n) is 6.59. The number of hydrogen-bond acceptors (Lipinski definition) is 4. The molecule has 5 heteroatoms. The van der Waals surface area contributed by atoms with Gasteiger partial charge in [0, 0.05) is 17.4 Å². The van der Waals surface area contributed by atoms with Crippen molar-refractivity contribution in [1.82, 2.24) is 4.98 Å². The summed E-state index contributed by atoms with van der Waals surface area (Å²) in [6.07, 6.45) is 5.13. The van der Waals surface area contributed by atoms with Gasteiger partial charge in [-0.3, -0.25) is 0 Å². The number of rotatable bonds is 4. The van der Waals surface area contributed by atoms with Crippen LogP contribution in [0.2, 0.25) is 0 Å². The fourth-order valence-electron chi connectivity index (χ4n) is 2.07. The van der Waals surface area contributed by atoms with Crippen molar-refractivity contribution < 1.29 is 0 Å². The van der Waals surface area contributed by atoms with Gasteiger partial charge in [-0.2, -0.15) is 15.8 Å². The van der Waals surface area contributed by atoms with Gasteiger partial charge in [0.2, 0.25) is 0 Å². The topological polar surface area (TPSA) is 113 Å². The molecule has 0 spiro atoms. The molecule has 0 aliphatic rings. The van der Waals surface area contributed by atoms with Gasteiger partial charge in [-0.05, 0) is 46.9 Å². The van der Waals surface area contributed by atoms with E-state index in [1.54, 1.807) is 6.08 Å². The standard InChI is InChI=1S/C17H13N5/c18-5-3-14(16(21)9-13(10-19)11-20)7-12-1-2-17-15(8-12)4-6-22-17/h1-2,4,6-9,13,22H,3,21H2. The molecule has 2 rings (SSSR count). The highest BCUT2D eigenvalue weighted by molar-refractivity contribution is 5.82. The third-order valence-corrected chi connectivity index (χ3v) is 3.18. The Balaban J connectivity index is 2.40. The number of aromatic amines is 1. The maximum atomic E-state index is 8.94. The van der Waals surface area contributed by atoms with Gasteiger partial charge in [0.1, 0.15) is 0 Å². The molecule has 0 atom stereocenters. The molecule has 0 aliphatic heterocycles. The summed E-state index contributed by atoms with van der Waals surface area (Å²) in [7, 11) is 0. The zero-order chi connectivity index (χ0) is 15.9. The fraction of sp³-hybridized carbons (Fsp3) is 0.118. The summed E-state index contributed by atoms with van der Waals surface area (Å²) in [6, 6.07) is 13.5. The Labute approximate surface area is 128 Å². The number of nitrogens with two attached hydrogens (primary N) is 1. The Hall–Kier alpha value is -3.49. The van der Waals surface area contributed by atoms with Gasteiger partial charge in [0.25, 0.3) is 0 Å². The van der Waals surface area contributed by atoms with Crippen molar-refractivity contribution >= 4 is 17.0 Å². The Morgan fingerprint density at radius 1 is 1.23 bits per heavy atom. The molecule has 3 N–H and O–H groups in total. The molecule has 22 heavy (non-hydrogen) atoms. The highest BCUT2D eigenvalue weighted by atomic mass is 14.7. The largest absolute Gasteiger partial charge is 0.399 e. The van der Waals surface area contributed by atoms with Gasteiger partial charge < -0.3 is 10.7 Å². The van der Waals surface area contributed by atoms with Gasteiger partial charge in [0.15, 0.2) is 5.92 Å². The van der Waals surface area contributed by atoms with E-state index in [1.165, 1.54) is 6.08 Å². The molecule has 0 unspecified atom stereocenters. The van der Waals surface area contributed by atoms with E-state index in [9.17, 15) is 0 Å². The third kappa shape index (κ3) is 3.33. The van der Waals surface area contributed by atoms with Crippen molar-refractivity contribution in [2.75, 3.05) is 0 Å². The first kappa shape index (κ1) is 14.9. The van der Waals surface area contributed by atoms with Crippen LogP contribution in [0.15, 0.2) is 47.8 Å². The Bertz CT molecular complexity index is 851. The lowest BCUT2D eigenvalue weighted by molar-refractivity contribution is 1.05. The Kier molecular flexibility index (Phi) is 4.60. The van der Waals surface area contributed by atoms with Crippen LogP contribution in [0.25, 0.3) is 17.0 Å². The number of H-pyrrole nitrogens is 1. The molecule has 106 valence electrons. The molecule has 1 aromatic carbocycles. The molecule has 0 radical (unpaired) electrons. The summed E-state index contributed by atoms with van der Waals surface area (Å²) < 4.78 is 0. The lowest BCUT2D eigenvalue weighted by Crippen LogP contribution is -2.04. The van der Waals surface area contributed by atoms with Crippen molar-refractivity contribution in [2.24, 2.45) is 11.7 Å². The van der Waals surface area contributed by atoms with Crippen LogP contribution in [-0.4, -0.2) is 4.98 Å². The van der Waals surface area contributed by atoms with Crippen LogP contribution in [0, 0.1) is 39.9 Å². The second-order valence-corrected chi connectivity index (χ2v) is 4.69. The maximum absolute atomic E-state index is 8.94. The number of fused-ring (bicyclic) bond motifs is 1. The molecular formula is C17H13N5. The van der Waals surface area contributed by atoms with E-state index in [0.717, 1.165) is 16.5 Å². The predicted molar refractivity (Wildman–Crippen MR) is 83.5 cm³/mol. The second kappa shape index (κ2) is 6.79. The second-order valence-electron chi connectivity index (χ2n) is 4.69. The van der Waals surface area contributed by atoms with Crippen LogP contribution in [-0.2, 0) is 0 Å². The highest BCUT2D eigenvalue weighted by Gasteiger charge is 2.07. The lowest BCUT2D eigenvalue weighted by Gasteiger charge is -2.05. The molecule has 0 fully saturated rings. The Morgan fingerprint density at radius 3 is 2.68 bits per heavy atom. The number of nitrogens with zero attached hydrogens (tertiary/aromatic N) is 3. The SMILES string of the molecule is N#CCC(=Cc1ccc2[nH]ccc2c1)C(N)=CC(C#N)C#N. The minimum Gasteiger partial charge on any atom is -0.399 e. The van der Waals surface area contributed by atoms with E-state index in [0.29, 0.717) is 5.57 Å². The van der Waals surface area contributed by atoms with Gasteiger partial charge in [0.05, 0.1) is 24.6 Å². The van der Waals surface area contributed by atoms with Crippen LogP contribution in [0.5, 0.6) is 0 Å². The molecule has 0 amide bonds. The van der Waals surface area contributed by atoms with Gasteiger partial charge in [-0.1, -0.05) is 6.07 Å². The Morgan fingerprint density at radius 2 is 2.00 bits per heavy atom. The smallest absolute Gasteiger partial charge is 0.153 e. The van der Waals surface area contributed by atoms with Crippen LogP contribution >= 0.6 is 0 Å². The number of allylic oxidation sites excluding steroid dienone is 2. The van der Waals surface area contributed by atoms with E-state index in [2.05, 4.69) is 4.98 Å². The lowest BCUT2D eigenvalue weighted by atomic mass is 10.0. The summed E-state index contributed by atoms with van der Waals surface area (Å²) >= 11 is 0. The molecule has 1 aromatic heterocycles. The molecule has 0 aliphatic carbocycles. The summed E-state index contributed by atoms with van der Waals surface area (Å²) in [5.41, 5.74) is 8.73. The summed E-state index contributed by atoms with van der Waals surface area (Å²) in [6.45, 7) is 0. The fourth-order valence-corrected chi connectivity index (χ4v) is 2.07. The molecule has 5 nitrogen and oxygen atoms in total. The monoisotopic (exact) mass is 287 g/mol. The van der Waals surface area contributed by atoms with Crippen molar-refractivity contribution in [3.63, 3.8) is 0 Å². The zero-order valence-corrected chi connectivity index (χ0v) is 11.7. The van der Waals surface area contributed by atoms with Gasteiger partial charge >= 0.3 is 0 Å². The van der Waals surface area contributed by atoms with Gasteiger partial charge in [-0.25, -0.2) is 0 Å². The normalized spacial score (nSPS) is 11.9. The molecule has 0 bridgehead atoms. The molecule has 0 saturated carbocycles. The highest BCUT2D eigenvalue weighted by Crippen LogP contribution is 2.20. The first-order chi connectivity index (χ1) is 10.7. The van der Waals surface area contributed by atoms with E-state index < -0.39 is 5.92 Å². The van der Waals surface area contributed by atoms with Crippen LogP contribution in [0.3, 0.4) is 0 Å². The summed E-state index contributed by atoms with van der Waals surface area (Å²) in [5, 5.41) is 27.6. The number of hydrogen-bond donors (Lipinski definition) is 2. The molecule has 0 saturated heterocycles. The van der Waals surface area contributed by atoms with Gasteiger partial charge in [-0.15, -0.1) is 0 Å². The molecule has 2 aromatic rings. The first-order valence-corrected chi connectivity index (χ1v) is 6.59. The van der Waals surface area contributed by atoms with Crippen molar-refractivity contribution in [2.45, 2.75) is 6.42 Å². The van der Waals surface area contributed by atoms with Crippen LogP contribution in [0.4, 0.5) is 0 Å². The summed E-state index contributed by atoms with van der Waals surface area (Å²) in [4.78, 5) is 3.11. The number of benzene rings is 1. The quantitative estimate of drug-likeness (QED) is 0.841. The zero-order valence-electron chi connectivity index (χ0n) is 11.7. The third-order valence-electron chi connectivity index (χ3n) is 3.18. The maximum Gasteiger partial charge on any atom is 0.153 e. The van der Waals surface area contributed by atoms with E-state index in [-0.39, 0.29) is 12.1 Å². The predicted octanol–water partition coefficient (Wildman–Crippen LogP) is 2.97. The molecular weight excluding hydrogens is 274 g/mol. The number of aromatic nitrogens is 1. The van der Waals surface area contributed by atoms with Crippen LogP contribution < -0.4 is 5.73 Å². The van der Waals surface area contributed by atoms with Crippen molar-refractivity contribution in [3.8, 4) is 18.2 Å². The number of nitrogens with one attached hydrogen (secondary N) is 1. The number of nitriles is 3. The van der Waals surface area contributed by atoms with Crippen LogP contribution in [0.1, 0.15) is 12.0 Å². The average molecular weight is 287 g/mol. The molecule has 1 heterocycles. The minimum atomic E-state index is -0.922. The minimum absolute atomic E-state index is 0.108.